The summed E-state index contributed by atoms with van der Waals surface area (Å²) in [6.07, 6.45) is 1.16. The number of rotatable bonds is 8. The van der Waals surface area contributed by atoms with Crippen LogP contribution in [0, 0.1) is 0 Å². The first-order valence-electron chi connectivity index (χ1n) is 11.2. The number of nitrogens with zero attached hydrogens (tertiary/aromatic N) is 3. The molecule has 0 spiro atoms. The van der Waals surface area contributed by atoms with Crippen LogP contribution in [0.1, 0.15) is 17.5 Å². The first kappa shape index (κ1) is 24.6. The van der Waals surface area contributed by atoms with Crippen molar-refractivity contribution in [3.05, 3.63) is 70.9 Å². The molecule has 0 bridgehead atoms. The third kappa shape index (κ3) is 5.76. The Morgan fingerprint density at radius 3 is 2.63 bits per heavy atom. The molecule has 5 N–H and O–H groups in total. The normalized spacial score (nSPS) is 16.7. The van der Waals surface area contributed by atoms with Gasteiger partial charge < -0.3 is 31.0 Å². The maximum Gasteiger partial charge on any atom is 0.243 e. The summed E-state index contributed by atoms with van der Waals surface area (Å²) in [5.41, 5.74) is 7.61. The molecule has 1 aromatic heterocycles. The molecule has 35 heavy (non-hydrogen) atoms. The second-order valence-corrected chi connectivity index (χ2v) is 8.80. The largest absolute Gasteiger partial charge is 0.383 e. The number of likely N-dealkylation sites (tertiary alicyclic amines) is 1. The minimum Gasteiger partial charge on any atom is -0.383 e. The number of halogens is 1. The first-order valence-corrected chi connectivity index (χ1v) is 11.5. The molecule has 2 aromatic carbocycles. The summed E-state index contributed by atoms with van der Waals surface area (Å²) in [7, 11) is 0. The van der Waals surface area contributed by atoms with Gasteiger partial charge in [0, 0.05) is 36.1 Å². The Hall–Kier alpha value is -3.53. The number of hydrogen-bond acceptors (Lipinski definition) is 7. The lowest BCUT2D eigenvalue weighted by Gasteiger charge is -2.42. The third-order valence-corrected chi connectivity index (χ3v) is 6.24. The SMILES string of the molecule is Nc1nccc2cc(CNC(=O)[C@@H]3CCN3C(=NC(C=O)Cc3ccc(Cl)cc3)C(O)O)ccc12. The third-order valence-electron chi connectivity index (χ3n) is 5.99. The number of aliphatic hydroxyl groups is 2. The van der Waals surface area contributed by atoms with Crippen LogP contribution < -0.4 is 11.1 Å². The molecule has 0 radical (unpaired) electrons. The molecule has 2 atom stereocenters. The van der Waals surface area contributed by atoms with E-state index < -0.39 is 18.4 Å². The zero-order chi connectivity index (χ0) is 24.9. The number of aliphatic imine (C=N–C) groups is 1. The number of fused-ring (bicyclic) bond motifs is 1. The Morgan fingerprint density at radius 1 is 1.23 bits per heavy atom. The second-order valence-electron chi connectivity index (χ2n) is 8.36. The summed E-state index contributed by atoms with van der Waals surface area (Å²) in [6.45, 7) is 0.715. The van der Waals surface area contributed by atoms with Crippen LogP contribution in [0.3, 0.4) is 0 Å². The number of benzene rings is 2. The van der Waals surface area contributed by atoms with E-state index in [9.17, 15) is 19.8 Å². The van der Waals surface area contributed by atoms with Crippen LogP contribution in [0.4, 0.5) is 5.82 Å². The number of carbonyl (C=O) groups excluding carboxylic acids is 2. The maximum atomic E-state index is 12.8. The van der Waals surface area contributed by atoms with Crippen molar-refractivity contribution in [3.8, 4) is 0 Å². The number of hydrogen-bond donors (Lipinski definition) is 4. The minimum absolute atomic E-state index is 0.101. The standard InChI is InChI=1S/C25H26ClN5O4/c26-18-4-1-15(2-5-18)12-19(14-32)30-23(25(34)35)31-10-8-21(31)24(33)29-13-16-3-6-20-17(11-16)7-9-28-22(20)27/h1-7,9,11,14,19,21,25,34-35H,8,10,12-13H2,(H2,27,28)(H,29,33)/t19?,21-/m0/s1. The Labute approximate surface area is 207 Å². The van der Waals surface area contributed by atoms with E-state index in [1.807, 2.05) is 24.3 Å². The average molecular weight is 496 g/mol. The molecule has 4 rings (SSSR count). The molecule has 1 saturated heterocycles. The van der Waals surface area contributed by atoms with Crippen molar-refractivity contribution in [1.29, 1.82) is 0 Å². The fraction of sp³-hybridized carbons (Fsp3) is 0.280. The summed E-state index contributed by atoms with van der Waals surface area (Å²) >= 11 is 5.90. The van der Waals surface area contributed by atoms with Gasteiger partial charge in [-0.05, 0) is 47.2 Å². The Kier molecular flexibility index (Phi) is 7.60. The topological polar surface area (TPSA) is 141 Å². The predicted molar refractivity (Wildman–Crippen MR) is 134 cm³/mol. The van der Waals surface area contributed by atoms with Gasteiger partial charge in [-0.2, -0.15) is 0 Å². The maximum absolute atomic E-state index is 12.8. The smallest absolute Gasteiger partial charge is 0.243 e. The van der Waals surface area contributed by atoms with E-state index in [1.54, 1.807) is 30.5 Å². The summed E-state index contributed by atoms with van der Waals surface area (Å²) in [5, 5.41) is 25.1. The molecule has 10 heteroatoms. The molecule has 1 aliphatic rings. The van der Waals surface area contributed by atoms with E-state index in [2.05, 4.69) is 15.3 Å². The number of aromatic nitrogens is 1. The highest BCUT2D eigenvalue weighted by molar-refractivity contribution is 6.30. The number of anilines is 1. The van der Waals surface area contributed by atoms with E-state index in [4.69, 9.17) is 17.3 Å². The Bertz CT molecular complexity index is 1250. The highest BCUT2D eigenvalue weighted by Gasteiger charge is 2.38. The zero-order valence-electron chi connectivity index (χ0n) is 18.8. The van der Waals surface area contributed by atoms with Gasteiger partial charge in [0.1, 0.15) is 24.2 Å². The van der Waals surface area contributed by atoms with Crippen molar-refractivity contribution in [2.45, 2.75) is 37.8 Å². The lowest BCUT2D eigenvalue weighted by Crippen LogP contribution is -2.60. The van der Waals surface area contributed by atoms with E-state index >= 15 is 0 Å². The van der Waals surface area contributed by atoms with Crippen LogP contribution in [-0.2, 0) is 22.6 Å². The molecule has 3 aromatic rings. The second kappa shape index (κ2) is 10.8. The average Bonchev–Trinajstić information content (AvgIpc) is 2.82. The molecular formula is C25H26ClN5O4. The fourth-order valence-electron chi connectivity index (χ4n) is 4.05. The van der Waals surface area contributed by atoms with Gasteiger partial charge in [-0.1, -0.05) is 35.9 Å². The van der Waals surface area contributed by atoms with E-state index in [0.717, 1.165) is 21.9 Å². The number of pyridine rings is 1. The number of amidine groups is 1. The lowest BCUT2D eigenvalue weighted by atomic mass is 10.0. The molecule has 0 aliphatic carbocycles. The van der Waals surface area contributed by atoms with Gasteiger partial charge in [-0.15, -0.1) is 0 Å². The monoisotopic (exact) mass is 495 g/mol. The molecule has 1 unspecified atom stereocenters. The lowest BCUT2D eigenvalue weighted by molar-refractivity contribution is -0.128. The van der Waals surface area contributed by atoms with Crippen molar-refractivity contribution in [2.24, 2.45) is 4.99 Å². The van der Waals surface area contributed by atoms with Crippen molar-refractivity contribution in [3.63, 3.8) is 0 Å². The molecular weight excluding hydrogens is 470 g/mol. The van der Waals surface area contributed by atoms with Gasteiger partial charge in [0.15, 0.2) is 5.84 Å². The van der Waals surface area contributed by atoms with Gasteiger partial charge in [0.05, 0.1) is 0 Å². The van der Waals surface area contributed by atoms with Crippen LogP contribution in [0.25, 0.3) is 10.8 Å². The number of nitrogens with one attached hydrogen (secondary N) is 1. The molecule has 182 valence electrons. The highest BCUT2D eigenvalue weighted by Crippen LogP contribution is 2.22. The van der Waals surface area contributed by atoms with Gasteiger partial charge in [0.25, 0.3) is 0 Å². The quantitative estimate of drug-likeness (QED) is 0.161. The molecule has 0 saturated carbocycles. The molecule has 9 nitrogen and oxygen atoms in total. The fourth-order valence-corrected chi connectivity index (χ4v) is 4.17. The highest BCUT2D eigenvalue weighted by atomic mass is 35.5. The number of amides is 1. The van der Waals surface area contributed by atoms with Gasteiger partial charge in [-0.3, -0.25) is 9.79 Å². The zero-order valence-corrected chi connectivity index (χ0v) is 19.6. The van der Waals surface area contributed by atoms with Crippen molar-refractivity contribution < 1.29 is 19.8 Å². The first-order chi connectivity index (χ1) is 16.9. The summed E-state index contributed by atoms with van der Waals surface area (Å²) < 4.78 is 0. The van der Waals surface area contributed by atoms with Crippen LogP contribution in [-0.4, -0.2) is 63.0 Å². The number of aliphatic hydroxyl groups excluding tert-OH is 1. The number of nitrogen functional groups attached to an aromatic ring is 1. The van der Waals surface area contributed by atoms with Crippen LogP contribution >= 0.6 is 11.6 Å². The van der Waals surface area contributed by atoms with Crippen molar-refractivity contribution in [2.75, 3.05) is 12.3 Å². The predicted octanol–water partition coefficient (Wildman–Crippen LogP) is 1.68. The van der Waals surface area contributed by atoms with Crippen molar-refractivity contribution >= 4 is 46.2 Å². The van der Waals surface area contributed by atoms with Gasteiger partial charge >= 0.3 is 0 Å². The molecule has 1 amide bonds. The number of nitrogens with two attached hydrogens (primary N) is 1. The Balaban J connectivity index is 1.42. The number of carbonyl (C=O) groups is 2. The summed E-state index contributed by atoms with van der Waals surface area (Å²) in [4.78, 5) is 34.4. The van der Waals surface area contributed by atoms with E-state index in [-0.39, 0.29) is 18.2 Å². The Morgan fingerprint density at radius 2 is 1.97 bits per heavy atom. The van der Waals surface area contributed by atoms with Crippen molar-refractivity contribution in [1.82, 2.24) is 15.2 Å². The van der Waals surface area contributed by atoms with Gasteiger partial charge in [0.2, 0.25) is 12.2 Å². The minimum atomic E-state index is -1.92. The van der Waals surface area contributed by atoms with Crippen LogP contribution in [0.15, 0.2) is 59.7 Å². The van der Waals surface area contributed by atoms with Gasteiger partial charge in [-0.25, -0.2) is 4.98 Å². The summed E-state index contributed by atoms with van der Waals surface area (Å²) in [6, 6.07) is 13.0. The van der Waals surface area contributed by atoms with E-state index in [0.29, 0.717) is 36.6 Å². The van der Waals surface area contributed by atoms with E-state index in [1.165, 1.54) is 4.90 Å². The summed E-state index contributed by atoms with van der Waals surface area (Å²) in [5.74, 6) is 0.0812. The molecule has 1 fully saturated rings. The van der Waals surface area contributed by atoms with Crippen LogP contribution in [0.2, 0.25) is 5.02 Å². The van der Waals surface area contributed by atoms with Crippen LogP contribution in [0.5, 0.6) is 0 Å². The molecule has 1 aliphatic heterocycles. The number of aldehydes is 1. The molecule has 2 heterocycles.